The summed E-state index contributed by atoms with van der Waals surface area (Å²) in [6, 6.07) is 12.2. The highest BCUT2D eigenvalue weighted by Crippen LogP contribution is 2.42. The standard InChI is InChI=1S/C28H34F3N3O2/c1-18-11-23-21-5-3-4-6-25(21)32-26(23)27(34(18)16-28(2,31)17-35)22-8-7-20(12-24(22)30)36-10-9-33-14-19(13-29)15-33/h3-8,12,18-19,27,32,35H,9-11,13-17H2,1-2H3/t18-,27?,28-/m1/s1. The molecular weight excluding hydrogens is 467 g/mol. The minimum Gasteiger partial charge on any atom is -0.492 e. The zero-order valence-corrected chi connectivity index (χ0v) is 20.8. The van der Waals surface area contributed by atoms with Gasteiger partial charge in [0.15, 0.2) is 0 Å². The van der Waals surface area contributed by atoms with Gasteiger partial charge in [0.25, 0.3) is 0 Å². The Morgan fingerprint density at radius 3 is 2.69 bits per heavy atom. The van der Waals surface area contributed by atoms with Crippen molar-refractivity contribution < 1.29 is 23.0 Å². The minimum absolute atomic E-state index is 0.0302. The number of alkyl halides is 2. The Kier molecular flexibility index (Phi) is 7.03. The molecule has 1 saturated heterocycles. The molecule has 5 nitrogen and oxygen atoms in total. The van der Waals surface area contributed by atoms with E-state index in [2.05, 4.69) is 16.0 Å². The number of benzene rings is 2. The van der Waals surface area contributed by atoms with Crippen molar-refractivity contribution in [1.29, 1.82) is 0 Å². The van der Waals surface area contributed by atoms with Crippen LogP contribution in [0.15, 0.2) is 42.5 Å². The van der Waals surface area contributed by atoms with Gasteiger partial charge >= 0.3 is 0 Å². The van der Waals surface area contributed by atoms with Crippen molar-refractivity contribution in [2.24, 2.45) is 5.92 Å². The summed E-state index contributed by atoms with van der Waals surface area (Å²) in [7, 11) is 0. The molecule has 3 atom stereocenters. The fraction of sp³-hybridized carbons (Fsp3) is 0.500. The van der Waals surface area contributed by atoms with E-state index in [4.69, 9.17) is 4.74 Å². The second-order valence-corrected chi connectivity index (χ2v) is 10.6. The predicted molar refractivity (Wildman–Crippen MR) is 134 cm³/mol. The number of halogens is 3. The highest BCUT2D eigenvalue weighted by atomic mass is 19.1. The van der Waals surface area contributed by atoms with E-state index in [0.717, 1.165) is 35.2 Å². The molecule has 1 unspecified atom stereocenters. The first-order valence-electron chi connectivity index (χ1n) is 12.6. The van der Waals surface area contributed by atoms with Crippen LogP contribution in [-0.2, 0) is 6.42 Å². The first-order valence-corrected chi connectivity index (χ1v) is 12.6. The molecule has 0 amide bonds. The number of aliphatic hydroxyl groups is 1. The molecular formula is C28H34F3N3O2. The molecule has 0 spiro atoms. The average molecular weight is 502 g/mol. The van der Waals surface area contributed by atoms with Crippen LogP contribution >= 0.6 is 0 Å². The Morgan fingerprint density at radius 2 is 1.97 bits per heavy atom. The van der Waals surface area contributed by atoms with Crippen LogP contribution in [0.25, 0.3) is 10.9 Å². The highest BCUT2D eigenvalue weighted by Gasteiger charge is 2.40. The van der Waals surface area contributed by atoms with Crippen molar-refractivity contribution in [1.82, 2.24) is 14.8 Å². The van der Waals surface area contributed by atoms with Gasteiger partial charge in [0.05, 0.1) is 19.3 Å². The maximum Gasteiger partial charge on any atom is 0.143 e. The molecule has 194 valence electrons. The second-order valence-electron chi connectivity index (χ2n) is 10.6. The van der Waals surface area contributed by atoms with Gasteiger partial charge in [0, 0.05) is 66.4 Å². The molecule has 1 aromatic heterocycles. The lowest BCUT2D eigenvalue weighted by atomic mass is 9.87. The summed E-state index contributed by atoms with van der Waals surface area (Å²) in [6.45, 7) is 4.99. The molecule has 2 aromatic carbocycles. The van der Waals surface area contributed by atoms with Crippen LogP contribution in [0, 0.1) is 11.7 Å². The number of rotatable bonds is 9. The maximum atomic E-state index is 15.6. The Bertz CT molecular complexity index is 1210. The van der Waals surface area contributed by atoms with E-state index >= 15 is 8.78 Å². The molecule has 3 aromatic rings. The minimum atomic E-state index is -1.83. The van der Waals surface area contributed by atoms with Crippen molar-refractivity contribution >= 4 is 10.9 Å². The number of likely N-dealkylation sites (tertiary alicyclic amines) is 1. The number of H-pyrrole nitrogens is 1. The largest absolute Gasteiger partial charge is 0.492 e. The molecule has 0 saturated carbocycles. The van der Waals surface area contributed by atoms with Crippen molar-refractivity contribution in [3.63, 3.8) is 0 Å². The third-order valence-corrected chi connectivity index (χ3v) is 7.55. The lowest BCUT2D eigenvalue weighted by Crippen LogP contribution is -2.49. The Labute approximate surface area is 209 Å². The van der Waals surface area contributed by atoms with Crippen LogP contribution in [0.2, 0.25) is 0 Å². The van der Waals surface area contributed by atoms with Gasteiger partial charge in [-0.2, -0.15) is 0 Å². The van der Waals surface area contributed by atoms with Gasteiger partial charge in [-0.05, 0) is 38.0 Å². The van der Waals surface area contributed by atoms with E-state index in [1.807, 2.05) is 30.0 Å². The number of nitrogens with one attached hydrogen (secondary N) is 1. The zero-order chi connectivity index (χ0) is 25.4. The van der Waals surface area contributed by atoms with Gasteiger partial charge in [0.2, 0.25) is 0 Å². The SMILES string of the molecule is C[C@@H]1Cc2c([nH]c3ccccc23)C(c2ccc(OCCN3CC(CF)C3)cc2F)N1C[C@@](C)(F)CO. The van der Waals surface area contributed by atoms with E-state index < -0.39 is 24.1 Å². The van der Waals surface area contributed by atoms with E-state index in [1.54, 1.807) is 12.1 Å². The molecule has 36 heavy (non-hydrogen) atoms. The summed E-state index contributed by atoms with van der Waals surface area (Å²) >= 11 is 0. The zero-order valence-electron chi connectivity index (χ0n) is 20.8. The number of hydrogen-bond donors (Lipinski definition) is 2. The van der Waals surface area contributed by atoms with Crippen LogP contribution in [0.1, 0.15) is 36.7 Å². The lowest BCUT2D eigenvalue weighted by molar-refractivity contribution is 0.0169. The molecule has 3 heterocycles. The summed E-state index contributed by atoms with van der Waals surface area (Å²) in [5, 5.41) is 10.7. The third kappa shape index (κ3) is 4.86. The van der Waals surface area contributed by atoms with Crippen molar-refractivity contribution in [3.05, 3.63) is 65.1 Å². The number of nitrogens with zero attached hydrogens (tertiary/aromatic N) is 2. The number of hydrogen-bond acceptors (Lipinski definition) is 4. The van der Waals surface area contributed by atoms with Crippen molar-refractivity contribution in [2.45, 2.75) is 38.0 Å². The molecule has 0 bridgehead atoms. The predicted octanol–water partition coefficient (Wildman–Crippen LogP) is 4.64. The summed E-state index contributed by atoms with van der Waals surface area (Å²) in [6.07, 6.45) is 0.694. The van der Waals surface area contributed by atoms with Crippen molar-refractivity contribution in [3.8, 4) is 5.75 Å². The van der Waals surface area contributed by atoms with E-state index in [0.29, 0.717) is 30.9 Å². The van der Waals surface area contributed by atoms with Crippen LogP contribution in [-0.4, -0.2) is 77.7 Å². The molecule has 1 fully saturated rings. The molecule has 2 N–H and O–H groups in total. The Morgan fingerprint density at radius 1 is 1.19 bits per heavy atom. The highest BCUT2D eigenvalue weighted by molar-refractivity contribution is 5.85. The number of aromatic amines is 1. The first-order chi connectivity index (χ1) is 17.3. The lowest BCUT2D eigenvalue weighted by Gasteiger charge is -2.43. The van der Waals surface area contributed by atoms with E-state index in [9.17, 15) is 9.50 Å². The second kappa shape index (κ2) is 10.1. The number of aromatic nitrogens is 1. The molecule has 5 rings (SSSR count). The summed E-state index contributed by atoms with van der Waals surface area (Å²) in [5.41, 5.74) is 1.55. The Balaban J connectivity index is 1.43. The number of para-hydroxylation sites is 1. The molecule has 8 heteroatoms. The van der Waals surface area contributed by atoms with Crippen LogP contribution in [0.3, 0.4) is 0 Å². The summed E-state index contributed by atoms with van der Waals surface area (Å²) in [4.78, 5) is 7.53. The van der Waals surface area contributed by atoms with Gasteiger partial charge in [-0.25, -0.2) is 8.78 Å². The quantitative estimate of drug-likeness (QED) is 0.449. The molecule has 2 aliphatic heterocycles. The van der Waals surface area contributed by atoms with Crippen molar-refractivity contribution in [2.75, 3.05) is 46.1 Å². The van der Waals surface area contributed by atoms with Gasteiger partial charge in [-0.1, -0.05) is 24.3 Å². The van der Waals surface area contributed by atoms with Crippen LogP contribution < -0.4 is 4.74 Å². The van der Waals surface area contributed by atoms with Gasteiger partial charge < -0.3 is 14.8 Å². The smallest absolute Gasteiger partial charge is 0.143 e. The molecule has 2 aliphatic rings. The van der Waals surface area contributed by atoms with Gasteiger partial charge in [-0.15, -0.1) is 0 Å². The normalized spacial score (nSPS) is 22.8. The van der Waals surface area contributed by atoms with E-state index in [1.165, 1.54) is 13.0 Å². The summed E-state index contributed by atoms with van der Waals surface area (Å²) < 4.78 is 49.1. The number of aliphatic hydroxyl groups excluding tert-OH is 1. The fourth-order valence-corrected chi connectivity index (χ4v) is 5.59. The number of ether oxygens (including phenoxy) is 1. The topological polar surface area (TPSA) is 51.7 Å². The van der Waals surface area contributed by atoms with Gasteiger partial charge in [0.1, 0.15) is 23.8 Å². The van der Waals surface area contributed by atoms with Crippen LogP contribution in [0.5, 0.6) is 5.75 Å². The third-order valence-electron chi connectivity index (χ3n) is 7.55. The van der Waals surface area contributed by atoms with Crippen LogP contribution in [0.4, 0.5) is 13.2 Å². The summed E-state index contributed by atoms with van der Waals surface area (Å²) in [5.74, 6) is 0.123. The molecule has 0 aliphatic carbocycles. The van der Waals surface area contributed by atoms with Gasteiger partial charge in [-0.3, -0.25) is 14.2 Å². The first kappa shape index (κ1) is 25.1. The fourth-order valence-electron chi connectivity index (χ4n) is 5.59. The average Bonchev–Trinajstić information content (AvgIpc) is 3.19. The number of fused-ring (bicyclic) bond motifs is 3. The Hall–Kier alpha value is -2.55. The molecule has 0 radical (unpaired) electrons. The monoisotopic (exact) mass is 501 g/mol. The maximum absolute atomic E-state index is 15.6. The van der Waals surface area contributed by atoms with E-state index in [-0.39, 0.29) is 25.2 Å².